The van der Waals surface area contributed by atoms with Gasteiger partial charge in [0.2, 0.25) is 0 Å². The molecule has 1 aromatic heterocycles. The minimum atomic E-state index is -0.426. The molecule has 1 amide bonds. The molecule has 0 aliphatic carbocycles. The molecule has 1 aromatic carbocycles. The average Bonchev–Trinajstić information content (AvgIpc) is 2.39. The largest absolute Gasteiger partial charge is 0.626 e. The summed E-state index contributed by atoms with van der Waals surface area (Å²) in [6.45, 7) is 1.95. The van der Waals surface area contributed by atoms with Crippen LogP contribution >= 0.6 is 0 Å². The van der Waals surface area contributed by atoms with Gasteiger partial charge in [-0.2, -0.15) is 0 Å². The standard InChI is InChI=1S/C14H14N2O2/c1-11-4-2-3-5-13(11)14(17)16(18)10-12-6-8-15-9-7-12/h2-9,16H,10H2,1H3. The molecule has 0 radical (unpaired) electrons. The Morgan fingerprint density at radius 1 is 1.22 bits per heavy atom. The monoisotopic (exact) mass is 242 g/mol. The number of aromatic nitrogens is 1. The highest BCUT2D eigenvalue weighted by molar-refractivity contribution is 5.89. The lowest BCUT2D eigenvalue weighted by molar-refractivity contribution is -0.773. The van der Waals surface area contributed by atoms with Crippen molar-refractivity contribution in [1.82, 2.24) is 4.98 Å². The zero-order valence-electron chi connectivity index (χ0n) is 10.1. The van der Waals surface area contributed by atoms with Crippen LogP contribution in [0.25, 0.3) is 0 Å². The second kappa shape index (κ2) is 5.53. The van der Waals surface area contributed by atoms with Crippen molar-refractivity contribution in [2.24, 2.45) is 0 Å². The Morgan fingerprint density at radius 2 is 1.89 bits per heavy atom. The van der Waals surface area contributed by atoms with Gasteiger partial charge in [0.15, 0.2) is 0 Å². The molecule has 1 heterocycles. The van der Waals surface area contributed by atoms with Crippen LogP contribution in [0, 0.1) is 12.1 Å². The molecule has 4 heteroatoms. The highest BCUT2D eigenvalue weighted by Crippen LogP contribution is 2.05. The number of carbonyl (C=O) groups is 1. The predicted octanol–water partition coefficient (Wildman–Crippen LogP) is 1.11. The molecule has 0 aliphatic heterocycles. The van der Waals surface area contributed by atoms with E-state index in [2.05, 4.69) is 4.98 Å². The lowest BCUT2D eigenvalue weighted by atomic mass is 10.1. The maximum Gasteiger partial charge on any atom is 0.344 e. The van der Waals surface area contributed by atoms with Gasteiger partial charge in [0, 0.05) is 18.0 Å². The van der Waals surface area contributed by atoms with Crippen molar-refractivity contribution in [2.45, 2.75) is 13.5 Å². The van der Waals surface area contributed by atoms with Crippen LogP contribution in [0.5, 0.6) is 0 Å². The first-order valence-electron chi connectivity index (χ1n) is 5.70. The lowest BCUT2D eigenvalue weighted by Gasteiger charge is -2.20. The number of hydroxylamine groups is 2. The first-order valence-corrected chi connectivity index (χ1v) is 5.70. The van der Waals surface area contributed by atoms with Crippen LogP contribution in [0.4, 0.5) is 0 Å². The van der Waals surface area contributed by atoms with Gasteiger partial charge in [-0.3, -0.25) is 4.98 Å². The van der Waals surface area contributed by atoms with Crippen molar-refractivity contribution in [1.29, 1.82) is 0 Å². The van der Waals surface area contributed by atoms with Crippen molar-refractivity contribution in [3.05, 3.63) is 70.7 Å². The number of hydrogen-bond donors (Lipinski definition) is 1. The van der Waals surface area contributed by atoms with Gasteiger partial charge in [0.25, 0.3) is 0 Å². The van der Waals surface area contributed by atoms with Gasteiger partial charge < -0.3 is 10.3 Å². The topological polar surface area (TPSA) is 57.5 Å². The molecule has 2 aromatic rings. The van der Waals surface area contributed by atoms with Crippen LogP contribution in [0.3, 0.4) is 0 Å². The molecular formula is C14H14N2O2. The first-order chi connectivity index (χ1) is 8.68. The minimum absolute atomic E-state index is 0.121. The smallest absolute Gasteiger partial charge is 0.344 e. The third kappa shape index (κ3) is 2.80. The fraction of sp³-hybridized carbons (Fsp3) is 0.143. The molecule has 4 nitrogen and oxygen atoms in total. The van der Waals surface area contributed by atoms with E-state index in [4.69, 9.17) is 0 Å². The summed E-state index contributed by atoms with van der Waals surface area (Å²) < 4.78 is 0. The molecule has 2 rings (SSSR count). The molecule has 0 spiro atoms. The van der Waals surface area contributed by atoms with Crippen LogP contribution in [0.15, 0.2) is 48.8 Å². The van der Waals surface area contributed by atoms with Gasteiger partial charge in [-0.15, -0.1) is 0 Å². The molecule has 0 aliphatic rings. The second-order valence-corrected chi connectivity index (χ2v) is 4.10. The molecular weight excluding hydrogens is 228 g/mol. The minimum Gasteiger partial charge on any atom is -0.626 e. The van der Waals surface area contributed by atoms with Crippen molar-refractivity contribution in [3.8, 4) is 0 Å². The molecule has 0 saturated heterocycles. The number of aryl methyl sites for hydroxylation is 1. The Labute approximate surface area is 105 Å². The Balaban J connectivity index is 2.13. The highest BCUT2D eigenvalue weighted by atomic mass is 16.5. The zero-order valence-corrected chi connectivity index (χ0v) is 10.1. The fourth-order valence-electron chi connectivity index (χ4n) is 1.74. The van der Waals surface area contributed by atoms with E-state index < -0.39 is 11.0 Å². The van der Waals surface area contributed by atoms with E-state index in [1.54, 1.807) is 36.7 Å². The molecule has 0 bridgehead atoms. The third-order valence-electron chi connectivity index (χ3n) is 2.76. The molecule has 18 heavy (non-hydrogen) atoms. The quantitative estimate of drug-likeness (QED) is 0.820. The van der Waals surface area contributed by atoms with E-state index in [1.165, 1.54) is 0 Å². The second-order valence-electron chi connectivity index (χ2n) is 4.10. The number of hydrogen-bond acceptors (Lipinski definition) is 3. The number of carbonyl (C=O) groups excluding carboxylic acids is 1. The van der Waals surface area contributed by atoms with E-state index in [0.29, 0.717) is 5.56 Å². The summed E-state index contributed by atoms with van der Waals surface area (Å²) in [5, 5.41) is 11.5. The number of rotatable bonds is 3. The summed E-state index contributed by atoms with van der Waals surface area (Å²) in [7, 11) is 0. The number of nitrogens with one attached hydrogen (secondary N) is 1. The van der Waals surface area contributed by atoms with E-state index in [-0.39, 0.29) is 6.54 Å². The summed E-state index contributed by atoms with van der Waals surface area (Å²) in [5.41, 5.74) is 2.11. The number of nitrogens with zero attached hydrogens (tertiary/aromatic N) is 1. The van der Waals surface area contributed by atoms with Crippen molar-refractivity contribution in [3.63, 3.8) is 0 Å². The van der Waals surface area contributed by atoms with Crippen LogP contribution in [0.2, 0.25) is 0 Å². The molecule has 0 saturated carbocycles. The Bertz CT molecular complexity index is 541. The molecule has 1 atom stereocenters. The van der Waals surface area contributed by atoms with E-state index in [0.717, 1.165) is 11.1 Å². The van der Waals surface area contributed by atoms with Gasteiger partial charge in [0.1, 0.15) is 6.54 Å². The predicted molar refractivity (Wildman–Crippen MR) is 67.8 cm³/mol. The molecule has 1 unspecified atom stereocenters. The summed E-state index contributed by atoms with van der Waals surface area (Å²) in [4.78, 5) is 15.9. The Hall–Kier alpha value is -2.04. The van der Waals surface area contributed by atoms with Gasteiger partial charge >= 0.3 is 5.91 Å². The van der Waals surface area contributed by atoms with Crippen LogP contribution in [-0.2, 0) is 6.54 Å². The number of amides is 1. The first kappa shape index (κ1) is 12.4. The zero-order chi connectivity index (χ0) is 13.0. The number of quaternary nitrogens is 1. The maximum atomic E-state index is 12.0. The normalized spacial score (nSPS) is 12.1. The Morgan fingerprint density at radius 3 is 2.56 bits per heavy atom. The van der Waals surface area contributed by atoms with E-state index in [1.807, 2.05) is 19.1 Å². The summed E-state index contributed by atoms with van der Waals surface area (Å²) in [6.07, 6.45) is 3.22. The highest BCUT2D eigenvalue weighted by Gasteiger charge is 2.16. The van der Waals surface area contributed by atoms with Crippen LogP contribution in [-0.4, -0.2) is 10.9 Å². The van der Waals surface area contributed by atoms with Crippen molar-refractivity contribution < 1.29 is 9.86 Å². The average molecular weight is 242 g/mol. The fourth-order valence-corrected chi connectivity index (χ4v) is 1.74. The molecule has 92 valence electrons. The summed E-state index contributed by atoms with van der Waals surface area (Å²) in [6, 6.07) is 10.6. The molecule has 0 fully saturated rings. The van der Waals surface area contributed by atoms with Gasteiger partial charge in [-0.25, -0.2) is 4.79 Å². The van der Waals surface area contributed by atoms with E-state index >= 15 is 0 Å². The van der Waals surface area contributed by atoms with E-state index in [9.17, 15) is 10.0 Å². The van der Waals surface area contributed by atoms with Gasteiger partial charge in [-0.05, 0) is 30.7 Å². The van der Waals surface area contributed by atoms with Crippen molar-refractivity contribution >= 4 is 5.91 Å². The van der Waals surface area contributed by atoms with Crippen LogP contribution in [0.1, 0.15) is 21.5 Å². The summed E-state index contributed by atoms with van der Waals surface area (Å²) in [5.74, 6) is -0.426. The number of benzene rings is 1. The lowest BCUT2D eigenvalue weighted by Crippen LogP contribution is -3.08. The SMILES string of the molecule is Cc1ccccc1C(=O)[NH+]([O-])Cc1ccncc1. The van der Waals surface area contributed by atoms with Gasteiger partial charge in [-0.1, -0.05) is 18.2 Å². The number of pyridine rings is 1. The van der Waals surface area contributed by atoms with Gasteiger partial charge in [0.05, 0.1) is 5.56 Å². The molecule has 1 N–H and O–H groups in total. The third-order valence-corrected chi connectivity index (χ3v) is 2.76. The maximum absolute atomic E-state index is 12.0. The summed E-state index contributed by atoms with van der Waals surface area (Å²) >= 11 is 0. The van der Waals surface area contributed by atoms with Crippen molar-refractivity contribution in [2.75, 3.05) is 0 Å². The Kier molecular flexibility index (Phi) is 3.82. The van der Waals surface area contributed by atoms with Crippen LogP contribution < -0.4 is 5.06 Å².